The van der Waals surface area contributed by atoms with Gasteiger partial charge in [0.25, 0.3) is 0 Å². The van der Waals surface area contributed by atoms with Crippen molar-refractivity contribution in [3.8, 4) is 5.75 Å². The number of rotatable bonds is 5. The van der Waals surface area contributed by atoms with Crippen LogP contribution in [0, 0.1) is 5.92 Å². The van der Waals surface area contributed by atoms with E-state index in [-0.39, 0.29) is 0 Å². The van der Waals surface area contributed by atoms with Gasteiger partial charge >= 0.3 is 0 Å². The molecule has 0 spiro atoms. The highest BCUT2D eigenvalue weighted by molar-refractivity contribution is 7.80. The lowest BCUT2D eigenvalue weighted by molar-refractivity contribution is 0.0958. The van der Waals surface area contributed by atoms with Crippen molar-refractivity contribution in [2.75, 3.05) is 19.7 Å². The second-order valence-corrected chi connectivity index (χ2v) is 6.08. The molecule has 1 aliphatic rings. The fourth-order valence-corrected chi connectivity index (χ4v) is 2.88. The third-order valence-electron chi connectivity index (χ3n) is 4.27. The van der Waals surface area contributed by atoms with Crippen LogP contribution >= 0.6 is 12.2 Å². The SMILES string of the molecule is CC1CCCN(CCOc2cccc(C(N)=S)c2)C1C. The van der Waals surface area contributed by atoms with Crippen molar-refractivity contribution < 1.29 is 4.74 Å². The number of piperidine rings is 1. The molecule has 0 bridgehead atoms. The first-order chi connectivity index (χ1) is 9.58. The van der Waals surface area contributed by atoms with E-state index in [9.17, 15) is 0 Å². The Hall–Kier alpha value is -1.13. The summed E-state index contributed by atoms with van der Waals surface area (Å²) in [5.74, 6) is 1.62. The molecule has 0 aliphatic carbocycles. The molecule has 4 heteroatoms. The van der Waals surface area contributed by atoms with E-state index in [2.05, 4.69) is 18.7 Å². The predicted molar refractivity (Wildman–Crippen MR) is 87.3 cm³/mol. The molecule has 0 aromatic heterocycles. The van der Waals surface area contributed by atoms with Gasteiger partial charge in [0.2, 0.25) is 0 Å². The van der Waals surface area contributed by atoms with Gasteiger partial charge in [-0.05, 0) is 44.4 Å². The van der Waals surface area contributed by atoms with Gasteiger partial charge in [-0.25, -0.2) is 0 Å². The van der Waals surface area contributed by atoms with Crippen LogP contribution in [0.25, 0.3) is 0 Å². The first kappa shape index (κ1) is 15.3. The maximum absolute atomic E-state index is 5.83. The average Bonchev–Trinajstić information content (AvgIpc) is 2.44. The van der Waals surface area contributed by atoms with Gasteiger partial charge in [-0.2, -0.15) is 0 Å². The van der Waals surface area contributed by atoms with E-state index >= 15 is 0 Å². The van der Waals surface area contributed by atoms with Crippen LogP contribution in [0.15, 0.2) is 24.3 Å². The van der Waals surface area contributed by atoms with Crippen LogP contribution in [0.1, 0.15) is 32.3 Å². The summed E-state index contributed by atoms with van der Waals surface area (Å²) in [7, 11) is 0. The molecule has 2 unspecified atom stereocenters. The summed E-state index contributed by atoms with van der Waals surface area (Å²) >= 11 is 4.98. The minimum atomic E-state index is 0.411. The maximum Gasteiger partial charge on any atom is 0.120 e. The minimum Gasteiger partial charge on any atom is -0.492 e. The quantitative estimate of drug-likeness (QED) is 0.847. The van der Waals surface area contributed by atoms with Crippen LogP contribution in [0.5, 0.6) is 5.75 Å². The first-order valence-electron chi connectivity index (χ1n) is 7.34. The van der Waals surface area contributed by atoms with Gasteiger partial charge in [0, 0.05) is 18.2 Å². The number of ether oxygens (including phenoxy) is 1. The molecule has 3 nitrogen and oxygen atoms in total. The van der Waals surface area contributed by atoms with E-state index in [4.69, 9.17) is 22.7 Å². The van der Waals surface area contributed by atoms with Crippen molar-refractivity contribution in [2.45, 2.75) is 32.7 Å². The zero-order valence-corrected chi connectivity index (χ0v) is 13.2. The van der Waals surface area contributed by atoms with Crippen LogP contribution in [0.2, 0.25) is 0 Å². The summed E-state index contributed by atoms with van der Waals surface area (Å²) in [6, 6.07) is 8.34. The molecule has 1 aliphatic heterocycles. The van der Waals surface area contributed by atoms with Gasteiger partial charge in [-0.1, -0.05) is 31.3 Å². The molecule has 110 valence electrons. The van der Waals surface area contributed by atoms with Crippen LogP contribution in [0.3, 0.4) is 0 Å². The van der Waals surface area contributed by atoms with Crippen molar-refractivity contribution in [3.63, 3.8) is 0 Å². The van der Waals surface area contributed by atoms with Gasteiger partial charge in [-0.3, -0.25) is 4.90 Å². The van der Waals surface area contributed by atoms with Gasteiger partial charge < -0.3 is 10.5 Å². The highest BCUT2D eigenvalue weighted by Gasteiger charge is 2.24. The van der Waals surface area contributed by atoms with Crippen LogP contribution < -0.4 is 10.5 Å². The van der Waals surface area contributed by atoms with Crippen molar-refractivity contribution in [3.05, 3.63) is 29.8 Å². The van der Waals surface area contributed by atoms with Crippen LogP contribution in [-0.2, 0) is 0 Å². The molecular weight excluding hydrogens is 268 g/mol. The lowest BCUT2D eigenvalue weighted by atomic mass is 9.92. The van der Waals surface area contributed by atoms with E-state index in [1.54, 1.807) is 0 Å². The lowest BCUT2D eigenvalue weighted by Gasteiger charge is -2.37. The summed E-state index contributed by atoms with van der Waals surface area (Å²) in [5.41, 5.74) is 6.49. The molecule has 1 fully saturated rings. The van der Waals surface area contributed by atoms with Crippen molar-refractivity contribution in [2.24, 2.45) is 11.7 Å². The van der Waals surface area contributed by atoms with E-state index < -0.39 is 0 Å². The van der Waals surface area contributed by atoms with Gasteiger partial charge in [0.05, 0.1) is 0 Å². The molecular formula is C16H24N2OS. The number of nitrogens with two attached hydrogens (primary N) is 1. The standard InChI is InChI=1S/C16H24N2OS/c1-12-5-4-8-18(13(12)2)9-10-19-15-7-3-6-14(11-15)16(17)20/h3,6-7,11-13H,4-5,8-10H2,1-2H3,(H2,17,20). The number of hydrogen-bond donors (Lipinski definition) is 1. The number of likely N-dealkylation sites (tertiary alicyclic amines) is 1. The average molecular weight is 292 g/mol. The Morgan fingerprint density at radius 3 is 3.00 bits per heavy atom. The molecule has 1 saturated heterocycles. The van der Waals surface area contributed by atoms with E-state index in [1.165, 1.54) is 19.4 Å². The second kappa shape index (κ2) is 7.04. The van der Waals surface area contributed by atoms with Crippen LogP contribution in [0.4, 0.5) is 0 Å². The highest BCUT2D eigenvalue weighted by Crippen LogP contribution is 2.22. The third-order valence-corrected chi connectivity index (χ3v) is 4.51. The van der Waals surface area contributed by atoms with E-state index in [0.29, 0.717) is 17.6 Å². The van der Waals surface area contributed by atoms with Crippen molar-refractivity contribution in [1.82, 2.24) is 4.90 Å². The monoisotopic (exact) mass is 292 g/mol. The topological polar surface area (TPSA) is 38.5 Å². The Morgan fingerprint density at radius 1 is 1.45 bits per heavy atom. The van der Waals surface area contributed by atoms with Crippen molar-refractivity contribution >= 4 is 17.2 Å². The van der Waals surface area contributed by atoms with Gasteiger partial charge in [0.15, 0.2) is 0 Å². The lowest BCUT2D eigenvalue weighted by Crippen LogP contribution is -2.44. The Morgan fingerprint density at radius 2 is 2.25 bits per heavy atom. The predicted octanol–water partition coefficient (Wildman–Crippen LogP) is 2.82. The second-order valence-electron chi connectivity index (χ2n) is 5.64. The Bertz CT molecular complexity index is 464. The Kier molecular flexibility index (Phi) is 5.38. The maximum atomic E-state index is 5.83. The number of hydrogen-bond acceptors (Lipinski definition) is 3. The van der Waals surface area contributed by atoms with Gasteiger partial charge in [0.1, 0.15) is 17.3 Å². The molecule has 2 rings (SSSR count). The molecule has 0 saturated carbocycles. The minimum absolute atomic E-state index is 0.411. The summed E-state index contributed by atoms with van der Waals surface area (Å²) in [6.07, 6.45) is 2.64. The van der Waals surface area contributed by atoms with Crippen molar-refractivity contribution in [1.29, 1.82) is 0 Å². The first-order valence-corrected chi connectivity index (χ1v) is 7.75. The third kappa shape index (κ3) is 3.93. The molecule has 2 N–H and O–H groups in total. The van der Waals surface area contributed by atoms with E-state index in [0.717, 1.165) is 23.8 Å². The molecule has 1 aromatic rings. The summed E-state index contributed by atoms with van der Waals surface area (Å²) in [5, 5.41) is 0. The normalized spacial score (nSPS) is 23.5. The zero-order chi connectivity index (χ0) is 14.5. The van der Waals surface area contributed by atoms with E-state index in [1.807, 2.05) is 24.3 Å². The fraction of sp³-hybridized carbons (Fsp3) is 0.562. The molecule has 1 heterocycles. The molecule has 2 atom stereocenters. The Labute approximate surface area is 127 Å². The Balaban J connectivity index is 1.83. The van der Waals surface area contributed by atoms with Gasteiger partial charge in [-0.15, -0.1) is 0 Å². The number of nitrogens with zero attached hydrogens (tertiary/aromatic N) is 1. The molecule has 0 radical (unpaired) electrons. The largest absolute Gasteiger partial charge is 0.492 e. The van der Waals surface area contributed by atoms with Crippen LogP contribution in [-0.4, -0.2) is 35.6 Å². The summed E-state index contributed by atoms with van der Waals surface area (Å²) in [6.45, 7) is 7.52. The summed E-state index contributed by atoms with van der Waals surface area (Å²) in [4.78, 5) is 2.93. The molecule has 0 amide bonds. The zero-order valence-electron chi connectivity index (χ0n) is 12.3. The number of thiocarbonyl (C=S) groups is 1. The molecule has 1 aromatic carbocycles. The fourth-order valence-electron chi connectivity index (χ4n) is 2.76. The molecule has 20 heavy (non-hydrogen) atoms. The number of benzene rings is 1. The summed E-state index contributed by atoms with van der Waals surface area (Å²) < 4.78 is 5.83. The highest BCUT2D eigenvalue weighted by atomic mass is 32.1. The smallest absolute Gasteiger partial charge is 0.120 e.